The average molecular weight is 356 g/mol. The van der Waals surface area contributed by atoms with E-state index in [1.165, 1.54) is 0 Å². The number of aromatic nitrogens is 3. The zero-order valence-electron chi connectivity index (χ0n) is 15.0. The van der Waals surface area contributed by atoms with Crippen LogP contribution in [0.2, 0.25) is 0 Å². The van der Waals surface area contributed by atoms with Gasteiger partial charge in [-0.2, -0.15) is 5.10 Å². The first-order valence-corrected chi connectivity index (χ1v) is 9.08. The van der Waals surface area contributed by atoms with Crippen molar-refractivity contribution in [3.8, 4) is 0 Å². The molecule has 4 rings (SSSR count). The predicted molar refractivity (Wildman–Crippen MR) is 94.5 cm³/mol. The van der Waals surface area contributed by atoms with Crippen molar-refractivity contribution in [3.05, 3.63) is 48.0 Å². The second kappa shape index (κ2) is 7.17. The monoisotopic (exact) mass is 356 g/mol. The largest absolute Gasteiger partial charge is 0.370 e. The molecule has 0 N–H and O–H groups in total. The Bertz CT molecular complexity index is 763. The molecule has 7 heteroatoms. The van der Waals surface area contributed by atoms with E-state index in [-0.39, 0.29) is 17.6 Å². The molecule has 1 spiro atoms. The van der Waals surface area contributed by atoms with Crippen LogP contribution >= 0.6 is 0 Å². The molecule has 0 bridgehead atoms. The molecule has 138 valence electrons. The number of piperidine rings is 1. The molecule has 0 aliphatic carbocycles. The SMILES string of the molecule is Cn1nccc1C(=O)N1CCC[C@]2(C[C@H](OCc3ccccn3)CO2)C1. The number of carbonyl (C=O) groups excluding carboxylic acids is 1. The summed E-state index contributed by atoms with van der Waals surface area (Å²) in [6.45, 7) is 2.43. The molecule has 2 saturated heterocycles. The number of hydrogen-bond donors (Lipinski definition) is 0. The molecule has 0 unspecified atom stereocenters. The highest BCUT2D eigenvalue weighted by atomic mass is 16.6. The molecule has 7 nitrogen and oxygen atoms in total. The fourth-order valence-corrected chi connectivity index (χ4v) is 3.90. The lowest BCUT2D eigenvalue weighted by molar-refractivity contribution is -0.0468. The van der Waals surface area contributed by atoms with Gasteiger partial charge in [-0.05, 0) is 31.0 Å². The van der Waals surface area contributed by atoms with E-state index in [2.05, 4.69) is 10.1 Å². The van der Waals surface area contributed by atoms with Crippen molar-refractivity contribution in [2.75, 3.05) is 19.7 Å². The van der Waals surface area contributed by atoms with Crippen LogP contribution in [0.15, 0.2) is 36.7 Å². The lowest BCUT2D eigenvalue weighted by atomic mass is 9.89. The molecule has 2 aromatic heterocycles. The number of amides is 1. The van der Waals surface area contributed by atoms with Gasteiger partial charge in [-0.3, -0.25) is 14.5 Å². The molecule has 2 aromatic rings. The molecule has 2 aliphatic rings. The minimum atomic E-state index is -0.290. The van der Waals surface area contributed by atoms with Gasteiger partial charge in [0, 0.05) is 32.4 Å². The van der Waals surface area contributed by atoms with Gasteiger partial charge in [0.2, 0.25) is 0 Å². The fourth-order valence-electron chi connectivity index (χ4n) is 3.90. The number of carbonyl (C=O) groups is 1. The van der Waals surface area contributed by atoms with E-state index in [1.807, 2.05) is 23.1 Å². The summed E-state index contributed by atoms with van der Waals surface area (Å²) in [7, 11) is 1.79. The predicted octanol–water partition coefficient (Wildman–Crippen LogP) is 1.80. The maximum Gasteiger partial charge on any atom is 0.272 e. The third-order valence-corrected chi connectivity index (χ3v) is 5.23. The van der Waals surface area contributed by atoms with Crippen LogP contribution in [0.4, 0.5) is 0 Å². The Morgan fingerprint density at radius 3 is 3.08 bits per heavy atom. The highest BCUT2D eigenvalue weighted by Crippen LogP contribution is 2.36. The highest BCUT2D eigenvalue weighted by Gasteiger charge is 2.45. The van der Waals surface area contributed by atoms with Gasteiger partial charge in [0.1, 0.15) is 5.69 Å². The zero-order chi connectivity index (χ0) is 18.0. The third-order valence-electron chi connectivity index (χ3n) is 5.23. The molecule has 0 saturated carbocycles. The van der Waals surface area contributed by atoms with E-state index in [0.717, 1.165) is 31.5 Å². The Morgan fingerprint density at radius 1 is 1.38 bits per heavy atom. The number of ether oxygens (including phenoxy) is 2. The summed E-state index contributed by atoms with van der Waals surface area (Å²) in [5.41, 5.74) is 1.24. The Balaban J connectivity index is 1.36. The van der Waals surface area contributed by atoms with Gasteiger partial charge in [-0.1, -0.05) is 6.07 Å². The van der Waals surface area contributed by atoms with Crippen molar-refractivity contribution in [1.82, 2.24) is 19.7 Å². The van der Waals surface area contributed by atoms with Gasteiger partial charge in [-0.15, -0.1) is 0 Å². The van der Waals surface area contributed by atoms with Crippen LogP contribution in [-0.4, -0.2) is 57.0 Å². The Labute approximate surface area is 152 Å². The summed E-state index contributed by atoms with van der Waals surface area (Å²) < 4.78 is 13.8. The van der Waals surface area contributed by atoms with Crippen LogP contribution in [0.5, 0.6) is 0 Å². The molecular weight excluding hydrogens is 332 g/mol. The van der Waals surface area contributed by atoms with E-state index < -0.39 is 0 Å². The number of aryl methyl sites for hydroxylation is 1. The Hall–Kier alpha value is -2.25. The normalized spacial score (nSPS) is 25.7. The molecule has 2 atom stereocenters. The summed E-state index contributed by atoms with van der Waals surface area (Å²) in [4.78, 5) is 19.0. The minimum absolute atomic E-state index is 0.0190. The fraction of sp³-hybridized carbons (Fsp3) is 0.526. The summed E-state index contributed by atoms with van der Waals surface area (Å²) in [5, 5.41) is 4.10. The smallest absolute Gasteiger partial charge is 0.272 e. The van der Waals surface area contributed by atoms with E-state index in [4.69, 9.17) is 9.47 Å². The summed E-state index contributed by atoms with van der Waals surface area (Å²) in [6.07, 6.45) is 6.19. The van der Waals surface area contributed by atoms with Crippen LogP contribution in [0.25, 0.3) is 0 Å². The summed E-state index contributed by atoms with van der Waals surface area (Å²) in [6, 6.07) is 7.58. The number of likely N-dealkylation sites (tertiary alicyclic amines) is 1. The van der Waals surface area contributed by atoms with Crippen LogP contribution in [0.3, 0.4) is 0 Å². The number of rotatable bonds is 4. The number of hydrogen-bond acceptors (Lipinski definition) is 5. The maximum absolute atomic E-state index is 12.8. The van der Waals surface area contributed by atoms with Gasteiger partial charge in [0.25, 0.3) is 5.91 Å². The maximum atomic E-state index is 12.8. The second-order valence-corrected chi connectivity index (χ2v) is 7.12. The molecule has 0 aromatic carbocycles. The average Bonchev–Trinajstić information content (AvgIpc) is 3.27. The van der Waals surface area contributed by atoms with Crippen LogP contribution in [0, 0.1) is 0 Å². The van der Waals surface area contributed by atoms with Crippen molar-refractivity contribution >= 4 is 5.91 Å². The van der Waals surface area contributed by atoms with Crippen LogP contribution < -0.4 is 0 Å². The molecular formula is C19H24N4O3. The molecule has 4 heterocycles. The second-order valence-electron chi connectivity index (χ2n) is 7.12. The van der Waals surface area contributed by atoms with E-state index >= 15 is 0 Å². The minimum Gasteiger partial charge on any atom is -0.370 e. The molecule has 0 radical (unpaired) electrons. The van der Waals surface area contributed by atoms with Crippen molar-refractivity contribution in [3.63, 3.8) is 0 Å². The number of pyridine rings is 1. The highest BCUT2D eigenvalue weighted by molar-refractivity contribution is 5.92. The first kappa shape index (κ1) is 17.2. The van der Waals surface area contributed by atoms with E-state index in [9.17, 15) is 4.79 Å². The Kier molecular flexibility index (Phi) is 4.74. The van der Waals surface area contributed by atoms with Gasteiger partial charge in [-0.25, -0.2) is 0 Å². The number of nitrogens with zero attached hydrogens (tertiary/aromatic N) is 4. The first-order chi connectivity index (χ1) is 12.7. The first-order valence-electron chi connectivity index (χ1n) is 9.08. The van der Waals surface area contributed by atoms with Crippen molar-refractivity contribution < 1.29 is 14.3 Å². The van der Waals surface area contributed by atoms with Gasteiger partial charge < -0.3 is 14.4 Å². The third kappa shape index (κ3) is 3.50. The molecule has 26 heavy (non-hydrogen) atoms. The van der Waals surface area contributed by atoms with Gasteiger partial charge >= 0.3 is 0 Å². The lowest BCUT2D eigenvalue weighted by Crippen LogP contribution is -2.50. The van der Waals surface area contributed by atoms with Gasteiger partial charge in [0.05, 0.1) is 37.2 Å². The topological polar surface area (TPSA) is 69.5 Å². The van der Waals surface area contributed by atoms with Gasteiger partial charge in [0.15, 0.2) is 0 Å². The molecule has 2 fully saturated rings. The summed E-state index contributed by atoms with van der Waals surface area (Å²) in [5.74, 6) is 0.0190. The Morgan fingerprint density at radius 2 is 2.31 bits per heavy atom. The standard InChI is InChI=1S/C19H24N4O3/c1-22-17(6-9-21-22)18(24)23-10-4-7-19(14-23)11-16(13-26-19)25-12-15-5-2-3-8-20-15/h2-3,5-6,8-9,16H,4,7,10-14H2,1H3/t16-,19-/m0/s1. The molecule has 1 amide bonds. The van der Waals surface area contributed by atoms with Crippen LogP contribution in [-0.2, 0) is 23.1 Å². The van der Waals surface area contributed by atoms with Crippen molar-refractivity contribution in [2.45, 2.75) is 37.6 Å². The van der Waals surface area contributed by atoms with Crippen molar-refractivity contribution in [1.29, 1.82) is 0 Å². The van der Waals surface area contributed by atoms with E-state index in [1.54, 1.807) is 30.2 Å². The summed E-state index contributed by atoms with van der Waals surface area (Å²) >= 11 is 0. The van der Waals surface area contributed by atoms with E-state index in [0.29, 0.717) is 25.5 Å². The zero-order valence-corrected chi connectivity index (χ0v) is 15.0. The quantitative estimate of drug-likeness (QED) is 0.835. The van der Waals surface area contributed by atoms with Crippen LogP contribution in [0.1, 0.15) is 35.4 Å². The lowest BCUT2D eigenvalue weighted by Gasteiger charge is -2.39. The molecule has 2 aliphatic heterocycles. The van der Waals surface area contributed by atoms with Crippen molar-refractivity contribution in [2.24, 2.45) is 7.05 Å².